The maximum atomic E-state index is 9.31. The molecule has 0 radical (unpaired) electrons. The van der Waals surface area contributed by atoms with Crippen molar-refractivity contribution in [3.05, 3.63) is 77.5 Å². The summed E-state index contributed by atoms with van der Waals surface area (Å²) >= 11 is 0. The number of aryl methyl sites for hydroxylation is 2. The first-order valence-corrected chi connectivity index (χ1v) is 9.85. The van der Waals surface area contributed by atoms with Gasteiger partial charge in [-0.1, -0.05) is 48.5 Å². The lowest BCUT2D eigenvalue weighted by Crippen LogP contribution is -2.27. The minimum atomic E-state index is -0.216. The fourth-order valence-electron chi connectivity index (χ4n) is 4.22. The van der Waals surface area contributed by atoms with Gasteiger partial charge in [0.2, 0.25) is 0 Å². The minimum Gasteiger partial charge on any atom is -0.491 e. The maximum absolute atomic E-state index is 9.31. The molecule has 1 aliphatic heterocycles. The van der Waals surface area contributed by atoms with E-state index in [2.05, 4.69) is 54.7 Å². The Balaban J connectivity index is 1.78. The van der Waals surface area contributed by atoms with Crippen molar-refractivity contribution in [2.45, 2.75) is 20.0 Å². The molecule has 0 saturated carbocycles. The van der Waals surface area contributed by atoms with Crippen molar-refractivity contribution in [1.29, 1.82) is 0 Å². The van der Waals surface area contributed by atoms with Crippen LogP contribution in [0.25, 0.3) is 22.0 Å². The smallest absolute Gasteiger partial charge is 0.151 e. The third kappa shape index (κ3) is 2.86. The Morgan fingerprint density at radius 1 is 1.07 bits per heavy atom. The molecule has 2 N–H and O–H groups in total. The Bertz CT molecular complexity index is 1210. The first-order valence-electron chi connectivity index (χ1n) is 9.85. The molecule has 0 spiro atoms. The molecule has 5 heteroatoms. The van der Waals surface area contributed by atoms with E-state index in [0.29, 0.717) is 0 Å². The third-order valence-electron chi connectivity index (χ3n) is 5.49. The average Bonchev–Trinajstić information content (AvgIpc) is 3.13. The van der Waals surface area contributed by atoms with Crippen LogP contribution in [0.1, 0.15) is 23.0 Å². The Morgan fingerprint density at radius 2 is 1.93 bits per heavy atom. The Kier molecular flexibility index (Phi) is 4.25. The monoisotopic (exact) mass is 385 g/mol. The Morgan fingerprint density at radius 3 is 2.79 bits per heavy atom. The number of anilines is 1. The topological polar surface area (TPSA) is 59.3 Å². The van der Waals surface area contributed by atoms with E-state index in [1.807, 2.05) is 29.8 Å². The fourth-order valence-corrected chi connectivity index (χ4v) is 4.22. The van der Waals surface area contributed by atoms with Gasteiger partial charge in [0.15, 0.2) is 6.17 Å². The van der Waals surface area contributed by atoms with Gasteiger partial charge in [-0.3, -0.25) is 0 Å². The van der Waals surface area contributed by atoms with Crippen LogP contribution in [0.5, 0.6) is 5.75 Å². The SMILES string of the molecule is Cc1cc2n(n1)C(c1c(OCCO)ccc3ccccc13)Nc1c(C)cccc1-2. The van der Waals surface area contributed by atoms with E-state index in [1.54, 1.807) is 0 Å². The molecule has 5 rings (SSSR count). The number of aromatic nitrogens is 2. The number of hydrogen-bond donors (Lipinski definition) is 2. The highest BCUT2D eigenvalue weighted by molar-refractivity contribution is 5.90. The largest absolute Gasteiger partial charge is 0.491 e. The van der Waals surface area contributed by atoms with Crippen molar-refractivity contribution < 1.29 is 9.84 Å². The van der Waals surface area contributed by atoms with Gasteiger partial charge in [0, 0.05) is 16.8 Å². The summed E-state index contributed by atoms with van der Waals surface area (Å²) in [7, 11) is 0. The predicted molar refractivity (Wildman–Crippen MR) is 115 cm³/mol. The molecule has 1 aromatic heterocycles. The summed E-state index contributed by atoms with van der Waals surface area (Å²) < 4.78 is 8.00. The molecule has 0 saturated heterocycles. The van der Waals surface area contributed by atoms with Gasteiger partial charge in [-0.2, -0.15) is 5.10 Å². The number of nitrogens with one attached hydrogen (secondary N) is 1. The minimum absolute atomic E-state index is 0.0293. The summed E-state index contributed by atoms with van der Waals surface area (Å²) in [4.78, 5) is 0. The zero-order valence-electron chi connectivity index (χ0n) is 16.5. The molecule has 1 aliphatic rings. The molecule has 0 amide bonds. The number of ether oxygens (including phenoxy) is 1. The summed E-state index contributed by atoms with van der Waals surface area (Å²) in [5.74, 6) is 0.756. The quantitative estimate of drug-likeness (QED) is 0.536. The molecule has 0 aliphatic carbocycles. The standard InChI is InChI=1S/C24H23N3O2/c1-15-6-5-9-19-20-14-16(2)26-27(20)24(25-23(15)19)22-18-8-4-3-7-17(18)10-11-21(22)29-13-12-28/h3-11,14,24-25,28H,12-13H2,1-2H3. The lowest BCUT2D eigenvalue weighted by molar-refractivity contribution is 0.199. The molecule has 2 heterocycles. The zero-order chi connectivity index (χ0) is 20.0. The van der Waals surface area contributed by atoms with E-state index >= 15 is 0 Å². The number of fused-ring (bicyclic) bond motifs is 4. The van der Waals surface area contributed by atoms with E-state index in [1.165, 1.54) is 5.56 Å². The van der Waals surface area contributed by atoms with Crippen LogP contribution in [-0.2, 0) is 0 Å². The highest BCUT2D eigenvalue weighted by Crippen LogP contribution is 2.44. The Labute approximate surface area is 169 Å². The molecule has 146 valence electrons. The van der Waals surface area contributed by atoms with Crippen LogP contribution in [0.4, 0.5) is 5.69 Å². The van der Waals surface area contributed by atoms with Crippen LogP contribution >= 0.6 is 0 Å². The molecule has 29 heavy (non-hydrogen) atoms. The normalized spacial score (nSPS) is 14.9. The number of nitrogens with zero attached hydrogens (tertiary/aromatic N) is 2. The summed E-state index contributed by atoms with van der Waals surface area (Å²) in [6, 6.07) is 20.8. The second-order valence-electron chi connectivity index (χ2n) is 7.43. The summed E-state index contributed by atoms with van der Waals surface area (Å²) in [6.07, 6.45) is -0.216. The van der Waals surface area contributed by atoms with Gasteiger partial charge in [-0.25, -0.2) is 4.68 Å². The third-order valence-corrected chi connectivity index (χ3v) is 5.49. The van der Waals surface area contributed by atoms with Crippen molar-refractivity contribution in [3.63, 3.8) is 0 Å². The second kappa shape index (κ2) is 6.94. The van der Waals surface area contributed by atoms with E-state index in [4.69, 9.17) is 9.84 Å². The summed E-state index contributed by atoms with van der Waals surface area (Å²) in [5.41, 5.74) is 6.54. The van der Waals surface area contributed by atoms with Gasteiger partial charge < -0.3 is 15.2 Å². The average molecular weight is 385 g/mol. The lowest BCUT2D eigenvalue weighted by Gasteiger charge is -2.32. The van der Waals surface area contributed by atoms with Crippen LogP contribution in [0, 0.1) is 13.8 Å². The van der Waals surface area contributed by atoms with Gasteiger partial charge in [0.25, 0.3) is 0 Å². The predicted octanol–water partition coefficient (Wildman–Crippen LogP) is 4.66. The van der Waals surface area contributed by atoms with Crippen molar-refractivity contribution in [1.82, 2.24) is 9.78 Å². The molecule has 4 aromatic rings. The number of para-hydroxylation sites is 1. The van der Waals surface area contributed by atoms with Gasteiger partial charge in [0.05, 0.1) is 18.0 Å². The molecule has 5 nitrogen and oxygen atoms in total. The number of benzene rings is 3. The van der Waals surface area contributed by atoms with E-state index in [9.17, 15) is 5.11 Å². The zero-order valence-corrected chi connectivity index (χ0v) is 16.5. The van der Waals surface area contributed by atoms with Crippen LogP contribution in [0.15, 0.2) is 60.7 Å². The highest BCUT2D eigenvalue weighted by Gasteiger charge is 2.30. The number of hydrogen-bond acceptors (Lipinski definition) is 4. The highest BCUT2D eigenvalue weighted by atomic mass is 16.5. The maximum Gasteiger partial charge on any atom is 0.151 e. The molecular weight excluding hydrogens is 362 g/mol. The molecule has 1 unspecified atom stereocenters. The van der Waals surface area contributed by atoms with Gasteiger partial charge in [0.1, 0.15) is 12.4 Å². The molecule has 1 atom stereocenters. The van der Waals surface area contributed by atoms with Gasteiger partial charge in [-0.05, 0) is 42.3 Å². The number of aliphatic hydroxyl groups excluding tert-OH is 1. The molecule has 3 aromatic carbocycles. The first kappa shape index (κ1) is 17.8. The fraction of sp³-hybridized carbons (Fsp3) is 0.208. The van der Waals surface area contributed by atoms with Crippen LogP contribution in [0.2, 0.25) is 0 Å². The van der Waals surface area contributed by atoms with Crippen LogP contribution < -0.4 is 10.1 Å². The van der Waals surface area contributed by atoms with Crippen molar-refractivity contribution in [2.24, 2.45) is 0 Å². The van der Waals surface area contributed by atoms with Crippen molar-refractivity contribution in [2.75, 3.05) is 18.5 Å². The summed E-state index contributed by atoms with van der Waals surface area (Å²) in [5, 5.41) is 20.1. The molecule has 0 bridgehead atoms. The Hall–Kier alpha value is -3.31. The van der Waals surface area contributed by atoms with Gasteiger partial charge in [-0.15, -0.1) is 0 Å². The number of rotatable bonds is 4. The van der Waals surface area contributed by atoms with E-state index in [0.717, 1.165) is 44.7 Å². The van der Waals surface area contributed by atoms with Crippen molar-refractivity contribution in [3.8, 4) is 17.0 Å². The van der Waals surface area contributed by atoms with E-state index in [-0.39, 0.29) is 19.4 Å². The first-order chi connectivity index (χ1) is 14.2. The summed E-state index contributed by atoms with van der Waals surface area (Å²) in [6.45, 7) is 4.36. The van der Waals surface area contributed by atoms with E-state index < -0.39 is 0 Å². The van der Waals surface area contributed by atoms with Crippen molar-refractivity contribution >= 4 is 16.5 Å². The molecular formula is C24H23N3O2. The number of aliphatic hydroxyl groups is 1. The van der Waals surface area contributed by atoms with Crippen LogP contribution in [0.3, 0.4) is 0 Å². The lowest BCUT2D eigenvalue weighted by atomic mass is 9.97. The second-order valence-corrected chi connectivity index (χ2v) is 7.43. The van der Waals surface area contributed by atoms with Gasteiger partial charge >= 0.3 is 0 Å². The molecule has 0 fully saturated rings. The van der Waals surface area contributed by atoms with Crippen LogP contribution in [-0.4, -0.2) is 28.1 Å².